The fourth-order valence-corrected chi connectivity index (χ4v) is 3.16. The Morgan fingerprint density at radius 1 is 1.19 bits per heavy atom. The number of anilines is 1. The first-order valence-electron chi connectivity index (χ1n) is 7.56. The van der Waals surface area contributed by atoms with Gasteiger partial charge in [0.25, 0.3) is 0 Å². The van der Waals surface area contributed by atoms with E-state index in [0.717, 1.165) is 30.0 Å². The SMILES string of the molecule is Cc1nnc(N2CCCC2c2ccccc2)c(CN)c1C. The molecule has 3 rings (SSSR count). The molecular formula is C17H22N4. The third-order valence-corrected chi connectivity index (χ3v) is 4.47. The summed E-state index contributed by atoms with van der Waals surface area (Å²) in [4.78, 5) is 2.37. The van der Waals surface area contributed by atoms with Gasteiger partial charge in [-0.2, -0.15) is 5.10 Å². The number of benzene rings is 1. The van der Waals surface area contributed by atoms with Crippen molar-refractivity contribution in [2.75, 3.05) is 11.4 Å². The van der Waals surface area contributed by atoms with E-state index in [1.165, 1.54) is 17.5 Å². The summed E-state index contributed by atoms with van der Waals surface area (Å²) in [6.07, 6.45) is 2.33. The molecule has 1 atom stereocenters. The molecule has 1 unspecified atom stereocenters. The van der Waals surface area contributed by atoms with Crippen molar-refractivity contribution in [3.63, 3.8) is 0 Å². The molecule has 2 aromatic rings. The quantitative estimate of drug-likeness (QED) is 0.940. The Bertz CT molecular complexity index is 624. The topological polar surface area (TPSA) is 55.0 Å². The van der Waals surface area contributed by atoms with Crippen molar-refractivity contribution >= 4 is 5.82 Å². The van der Waals surface area contributed by atoms with Gasteiger partial charge in [-0.15, -0.1) is 5.10 Å². The molecule has 1 aromatic carbocycles. The number of nitrogens with zero attached hydrogens (tertiary/aromatic N) is 3. The summed E-state index contributed by atoms with van der Waals surface area (Å²) in [5, 5.41) is 8.78. The molecule has 1 aliphatic heterocycles. The number of aryl methyl sites for hydroxylation is 1. The Hall–Kier alpha value is -1.94. The molecule has 0 saturated carbocycles. The van der Waals surface area contributed by atoms with Gasteiger partial charge < -0.3 is 10.6 Å². The van der Waals surface area contributed by atoms with Crippen LogP contribution >= 0.6 is 0 Å². The van der Waals surface area contributed by atoms with E-state index >= 15 is 0 Å². The zero-order valence-electron chi connectivity index (χ0n) is 12.7. The number of hydrogen-bond donors (Lipinski definition) is 1. The van der Waals surface area contributed by atoms with Crippen molar-refractivity contribution in [3.8, 4) is 0 Å². The van der Waals surface area contributed by atoms with Crippen LogP contribution in [0.3, 0.4) is 0 Å². The van der Waals surface area contributed by atoms with Gasteiger partial charge in [0, 0.05) is 18.7 Å². The van der Waals surface area contributed by atoms with Crippen LogP contribution in [0.15, 0.2) is 30.3 Å². The summed E-state index contributed by atoms with van der Waals surface area (Å²) in [6, 6.07) is 11.0. The molecule has 21 heavy (non-hydrogen) atoms. The van der Waals surface area contributed by atoms with Crippen LogP contribution in [0.1, 0.15) is 41.3 Å². The van der Waals surface area contributed by atoms with Crippen molar-refractivity contribution in [1.29, 1.82) is 0 Å². The molecule has 110 valence electrons. The Kier molecular flexibility index (Phi) is 3.88. The highest BCUT2D eigenvalue weighted by Gasteiger charge is 2.29. The van der Waals surface area contributed by atoms with Gasteiger partial charge in [-0.05, 0) is 37.8 Å². The first-order chi connectivity index (χ1) is 10.2. The minimum atomic E-state index is 0.382. The van der Waals surface area contributed by atoms with Gasteiger partial charge in [-0.3, -0.25) is 0 Å². The second-order valence-electron chi connectivity index (χ2n) is 5.68. The molecule has 1 fully saturated rings. The van der Waals surface area contributed by atoms with E-state index in [4.69, 9.17) is 5.73 Å². The van der Waals surface area contributed by atoms with E-state index in [1.807, 2.05) is 6.92 Å². The molecule has 0 bridgehead atoms. The van der Waals surface area contributed by atoms with Crippen LogP contribution in [0.25, 0.3) is 0 Å². The predicted molar refractivity (Wildman–Crippen MR) is 85.2 cm³/mol. The smallest absolute Gasteiger partial charge is 0.156 e. The summed E-state index contributed by atoms with van der Waals surface area (Å²) in [7, 11) is 0. The maximum atomic E-state index is 5.98. The van der Waals surface area contributed by atoms with Gasteiger partial charge in [-0.25, -0.2) is 0 Å². The van der Waals surface area contributed by atoms with Gasteiger partial charge >= 0.3 is 0 Å². The van der Waals surface area contributed by atoms with E-state index in [0.29, 0.717) is 12.6 Å². The van der Waals surface area contributed by atoms with E-state index in [1.54, 1.807) is 0 Å². The van der Waals surface area contributed by atoms with Crippen molar-refractivity contribution < 1.29 is 0 Å². The van der Waals surface area contributed by atoms with Gasteiger partial charge in [0.2, 0.25) is 0 Å². The van der Waals surface area contributed by atoms with Crippen LogP contribution in [-0.2, 0) is 6.54 Å². The molecule has 4 heteroatoms. The Balaban J connectivity index is 2.02. The lowest BCUT2D eigenvalue weighted by Gasteiger charge is -2.28. The summed E-state index contributed by atoms with van der Waals surface area (Å²) >= 11 is 0. The molecule has 0 radical (unpaired) electrons. The normalized spacial score (nSPS) is 18.2. The average molecular weight is 282 g/mol. The van der Waals surface area contributed by atoms with Gasteiger partial charge in [0.1, 0.15) is 0 Å². The summed E-state index contributed by atoms with van der Waals surface area (Å²) in [6.45, 7) is 5.60. The average Bonchev–Trinajstić information content (AvgIpc) is 3.00. The highest BCUT2D eigenvalue weighted by Crippen LogP contribution is 2.37. The van der Waals surface area contributed by atoms with Crippen LogP contribution in [-0.4, -0.2) is 16.7 Å². The highest BCUT2D eigenvalue weighted by atomic mass is 15.3. The number of hydrogen-bond acceptors (Lipinski definition) is 4. The van der Waals surface area contributed by atoms with Crippen LogP contribution in [0, 0.1) is 13.8 Å². The zero-order chi connectivity index (χ0) is 14.8. The monoisotopic (exact) mass is 282 g/mol. The fourth-order valence-electron chi connectivity index (χ4n) is 3.16. The Morgan fingerprint density at radius 3 is 2.67 bits per heavy atom. The van der Waals surface area contributed by atoms with Gasteiger partial charge in [0.15, 0.2) is 5.82 Å². The molecule has 0 aliphatic carbocycles. The van der Waals surface area contributed by atoms with Crippen molar-refractivity contribution in [3.05, 3.63) is 52.7 Å². The lowest BCUT2D eigenvalue weighted by atomic mass is 10.0. The molecule has 1 saturated heterocycles. The predicted octanol–water partition coefficient (Wildman–Crippen LogP) is 2.89. The standard InChI is InChI=1S/C17H22N4/c1-12-13(2)19-20-17(15(12)11-18)21-10-6-9-16(21)14-7-4-3-5-8-14/h3-5,7-8,16H,6,9-11,18H2,1-2H3. The first kappa shape index (κ1) is 14.0. The number of rotatable bonds is 3. The van der Waals surface area contributed by atoms with Crippen LogP contribution in [0.5, 0.6) is 0 Å². The molecular weight excluding hydrogens is 260 g/mol. The second kappa shape index (κ2) is 5.82. The third kappa shape index (κ3) is 2.51. The van der Waals surface area contributed by atoms with Gasteiger partial charge in [-0.1, -0.05) is 30.3 Å². The highest BCUT2D eigenvalue weighted by molar-refractivity contribution is 5.53. The third-order valence-electron chi connectivity index (χ3n) is 4.47. The summed E-state index contributed by atoms with van der Waals surface area (Å²) in [5.41, 5.74) is 10.6. The van der Waals surface area contributed by atoms with Crippen LogP contribution in [0.2, 0.25) is 0 Å². The summed E-state index contributed by atoms with van der Waals surface area (Å²) in [5.74, 6) is 0.965. The van der Waals surface area contributed by atoms with Crippen molar-refractivity contribution in [1.82, 2.24) is 10.2 Å². The minimum Gasteiger partial charge on any atom is -0.348 e. The van der Waals surface area contributed by atoms with Crippen molar-refractivity contribution in [2.24, 2.45) is 5.73 Å². The van der Waals surface area contributed by atoms with Gasteiger partial charge in [0.05, 0.1) is 11.7 Å². The maximum absolute atomic E-state index is 5.98. The largest absolute Gasteiger partial charge is 0.348 e. The fraction of sp³-hybridized carbons (Fsp3) is 0.412. The lowest BCUT2D eigenvalue weighted by Crippen LogP contribution is -2.26. The molecule has 2 heterocycles. The Morgan fingerprint density at radius 2 is 1.95 bits per heavy atom. The van der Waals surface area contributed by atoms with Crippen LogP contribution in [0.4, 0.5) is 5.82 Å². The number of aromatic nitrogens is 2. The maximum Gasteiger partial charge on any atom is 0.156 e. The molecule has 0 amide bonds. The molecule has 1 aromatic heterocycles. The Labute approximate surface area is 126 Å². The number of nitrogens with two attached hydrogens (primary N) is 1. The molecule has 1 aliphatic rings. The molecule has 0 spiro atoms. The molecule has 2 N–H and O–H groups in total. The van der Waals surface area contributed by atoms with E-state index < -0.39 is 0 Å². The zero-order valence-corrected chi connectivity index (χ0v) is 12.7. The van der Waals surface area contributed by atoms with E-state index in [-0.39, 0.29) is 0 Å². The van der Waals surface area contributed by atoms with Crippen LogP contribution < -0.4 is 10.6 Å². The molecule has 4 nitrogen and oxygen atoms in total. The first-order valence-corrected chi connectivity index (χ1v) is 7.56. The van der Waals surface area contributed by atoms with Crippen molar-refractivity contribution in [2.45, 2.75) is 39.3 Å². The van der Waals surface area contributed by atoms with E-state index in [2.05, 4.69) is 52.4 Å². The minimum absolute atomic E-state index is 0.382. The summed E-state index contributed by atoms with van der Waals surface area (Å²) < 4.78 is 0. The van der Waals surface area contributed by atoms with E-state index in [9.17, 15) is 0 Å². The second-order valence-corrected chi connectivity index (χ2v) is 5.68. The lowest BCUT2D eigenvalue weighted by molar-refractivity contribution is 0.697.